The topological polar surface area (TPSA) is 146 Å². The van der Waals surface area contributed by atoms with Crippen LogP contribution < -0.4 is 24.7 Å². The number of benzene rings is 2. The lowest BCUT2D eigenvalue weighted by Crippen LogP contribution is -2.05. The summed E-state index contributed by atoms with van der Waals surface area (Å²) in [6, 6.07) is 15.1. The van der Waals surface area contributed by atoms with Crippen LogP contribution in [0.15, 0.2) is 46.8 Å². The first-order chi connectivity index (χ1) is 20.0. The number of thioether (sulfide) groups is 1. The summed E-state index contributed by atoms with van der Waals surface area (Å²) in [6.45, 7) is 0.868. The Kier molecular flexibility index (Phi) is 9.87. The molecule has 4 rings (SSSR count). The minimum atomic E-state index is 0.0563. The van der Waals surface area contributed by atoms with Crippen molar-refractivity contribution < 1.29 is 23.7 Å². The predicted molar refractivity (Wildman–Crippen MR) is 158 cm³/mol. The quantitative estimate of drug-likeness (QED) is 0.164. The van der Waals surface area contributed by atoms with E-state index < -0.39 is 0 Å². The van der Waals surface area contributed by atoms with Gasteiger partial charge in [0, 0.05) is 29.4 Å². The zero-order chi connectivity index (χ0) is 29.4. The van der Waals surface area contributed by atoms with E-state index >= 15 is 0 Å². The van der Waals surface area contributed by atoms with Gasteiger partial charge >= 0.3 is 0 Å². The van der Waals surface area contributed by atoms with Crippen LogP contribution >= 0.6 is 23.1 Å². The van der Waals surface area contributed by atoms with Crippen molar-refractivity contribution in [3.63, 3.8) is 0 Å². The van der Waals surface area contributed by atoms with Gasteiger partial charge in [0.1, 0.15) is 45.9 Å². The number of nitriles is 2. The van der Waals surface area contributed by atoms with Crippen molar-refractivity contribution >= 4 is 28.9 Å². The van der Waals surface area contributed by atoms with Crippen molar-refractivity contribution in [1.29, 1.82) is 10.5 Å². The van der Waals surface area contributed by atoms with Crippen molar-refractivity contribution in [3.05, 3.63) is 58.6 Å². The smallest absolute Gasteiger partial charge is 0.203 e. The maximum atomic E-state index is 10.1. The van der Waals surface area contributed by atoms with Crippen molar-refractivity contribution in [1.82, 2.24) is 9.97 Å². The molecule has 0 spiro atoms. The van der Waals surface area contributed by atoms with E-state index in [0.29, 0.717) is 58.1 Å². The lowest BCUT2D eigenvalue weighted by Gasteiger charge is -2.13. The number of hydrogen-bond donors (Lipinski definition) is 1. The molecule has 41 heavy (non-hydrogen) atoms. The number of pyridine rings is 1. The highest BCUT2D eigenvalue weighted by atomic mass is 32.2. The van der Waals surface area contributed by atoms with Gasteiger partial charge in [-0.15, -0.1) is 11.3 Å². The first-order valence-corrected chi connectivity index (χ1v) is 14.1. The molecule has 2 aromatic carbocycles. The third-order valence-corrected chi connectivity index (χ3v) is 7.88. The van der Waals surface area contributed by atoms with Crippen molar-refractivity contribution in [2.45, 2.75) is 10.8 Å². The number of hydrogen-bond acceptors (Lipinski definition) is 12. The maximum Gasteiger partial charge on any atom is 0.203 e. The molecule has 10 nitrogen and oxygen atoms in total. The van der Waals surface area contributed by atoms with Gasteiger partial charge in [-0.3, -0.25) is 0 Å². The van der Waals surface area contributed by atoms with Gasteiger partial charge in [-0.25, -0.2) is 9.97 Å². The molecule has 0 aliphatic carbocycles. The highest BCUT2D eigenvalue weighted by molar-refractivity contribution is 7.98. The fourth-order valence-corrected chi connectivity index (χ4v) is 5.81. The highest BCUT2D eigenvalue weighted by Crippen LogP contribution is 2.42. The predicted octanol–water partition coefficient (Wildman–Crippen LogP) is 5.54. The van der Waals surface area contributed by atoms with Crippen molar-refractivity contribution in [3.8, 4) is 56.8 Å². The molecule has 0 fully saturated rings. The van der Waals surface area contributed by atoms with E-state index in [4.69, 9.17) is 34.4 Å². The van der Waals surface area contributed by atoms with Gasteiger partial charge in [-0.1, -0.05) is 23.9 Å². The number of nitrogens with two attached hydrogens (primary N) is 1. The zero-order valence-electron chi connectivity index (χ0n) is 22.9. The third kappa shape index (κ3) is 6.47. The molecule has 12 heteroatoms. The van der Waals surface area contributed by atoms with Crippen LogP contribution in [-0.2, 0) is 10.5 Å². The fourth-order valence-electron chi connectivity index (χ4n) is 4.00. The Labute approximate surface area is 246 Å². The number of ether oxygens (including phenoxy) is 5. The summed E-state index contributed by atoms with van der Waals surface area (Å²) in [5.41, 5.74) is 9.31. The van der Waals surface area contributed by atoms with Crippen LogP contribution in [-0.4, -0.2) is 51.6 Å². The third-order valence-electron chi connectivity index (χ3n) is 5.93. The molecule has 2 N–H and O–H groups in total. The zero-order valence-corrected chi connectivity index (χ0v) is 24.5. The molecule has 0 unspecified atom stereocenters. The molecule has 0 atom stereocenters. The molecule has 4 aromatic rings. The second kappa shape index (κ2) is 13.7. The van der Waals surface area contributed by atoms with Gasteiger partial charge in [0.05, 0.1) is 39.2 Å². The highest BCUT2D eigenvalue weighted by Gasteiger charge is 2.21. The van der Waals surface area contributed by atoms with Crippen LogP contribution in [0.4, 0.5) is 5.82 Å². The molecule has 0 aliphatic rings. The molecular weight excluding hydrogens is 562 g/mol. The molecule has 210 valence electrons. The Balaban J connectivity index is 1.61. The standard InChI is InChI=1S/C29H27N5O5S2/c1-35-9-10-39-20-7-5-17(6-8-20)25-21(13-30)27(32)34-29(22(25)14-31)41-16-19-15-40-28(33-19)18-11-23(36-2)26(38-4)24(12-18)37-3/h5-8,11-12,15H,9-10,16H2,1-4H3,(H2,32,34). The lowest BCUT2D eigenvalue weighted by molar-refractivity contribution is 0.146. The minimum Gasteiger partial charge on any atom is -0.493 e. The molecular formula is C29H27N5O5S2. The Hall–Kier alpha value is -4.49. The number of rotatable bonds is 12. The van der Waals surface area contributed by atoms with E-state index in [1.165, 1.54) is 23.1 Å². The largest absolute Gasteiger partial charge is 0.493 e. The molecule has 0 amide bonds. The van der Waals surface area contributed by atoms with Gasteiger partial charge in [0.2, 0.25) is 5.75 Å². The van der Waals surface area contributed by atoms with Crippen molar-refractivity contribution in [2.24, 2.45) is 0 Å². The van der Waals surface area contributed by atoms with E-state index in [1.54, 1.807) is 52.7 Å². The Morgan fingerprint density at radius 1 is 0.878 bits per heavy atom. The summed E-state index contributed by atoms with van der Waals surface area (Å²) in [5.74, 6) is 2.70. The van der Waals surface area contributed by atoms with Gasteiger partial charge in [-0.2, -0.15) is 10.5 Å². The molecule has 2 aromatic heterocycles. The summed E-state index contributed by atoms with van der Waals surface area (Å²) in [7, 11) is 6.28. The summed E-state index contributed by atoms with van der Waals surface area (Å²) >= 11 is 2.79. The Bertz CT molecular complexity index is 1580. The SMILES string of the molecule is COCCOc1ccc(-c2c(C#N)c(N)nc(SCc3csc(-c4cc(OC)c(OC)c(OC)c4)n3)c2C#N)cc1. The van der Waals surface area contributed by atoms with E-state index in [1.807, 2.05) is 17.5 Å². The monoisotopic (exact) mass is 589 g/mol. The normalized spacial score (nSPS) is 10.5. The van der Waals surface area contributed by atoms with E-state index in [2.05, 4.69) is 17.1 Å². The number of anilines is 1. The molecule has 2 heterocycles. The van der Waals surface area contributed by atoms with Crippen LogP contribution in [0.2, 0.25) is 0 Å². The van der Waals surface area contributed by atoms with E-state index in [-0.39, 0.29) is 16.9 Å². The van der Waals surface area contributed by atoms with Crippen LogP contribution in [0.25, 0.3) is 21.7 Å². The van der Waals surface area contributed by atoms with Gasteiger partial charge < -0.3 is 29.4 Å². The van der Waals surface area contributed by atoms with E-state index in [9.17, 15) is 10.5 Å². The fraction of sp³-hybridized carbons (Fsp3) is 0.241. The number of thiazole rings is 1. The maximum absolute atomic E-state index is 10.1. The summed E-state index contributed by atoms with van der Waals surface area (Å²) in [4.78, 5) is 9.16. The van der Waals surface area contributed by atoms with Crippen LogP contribution in [0, 0.1) is 22.7 Å². The molecule has 0 saturated heterocycles. The van der Waals surface area contributed by atoms with Crippen LogP contribution in [0.5, 0.6) is 23.0 Å². The molecule has 0 bridgehead atoms. The van der Waals surface area contributed by atoms with Gasteiger partial charge in [0.25, 0.3) is 0 Å². The number of aromatic nitrogens is 2. The second-order valence-corrected chi connectivity index (χ2v) is 10.2. The average Bonchev–Trinajstić information content (AvgIpc) is 3.48. The number of methoxy groups -OCH3 is 4. The van der Waals surface area contributed by atoms with Crippen LogP contribution in [0.3, 0.4) is 0 Å². The average molecular weight is 590 g/mol. The lowest BCUT2D eigenvalue weighted by atomic mass is 9.97. The molecule has 0 aliphatic heterocycles. The number of nitrogen functional groups attached to an aromatic ring is 1. The minimum absolute atomic E-state index is 0.0563. The summed E-state index contributed by atoms with van der Waals surface area (Å²) in [6.07, 6.45) is 0. The summed E-state index contributed by atoms with van der Waals surface area (Å²) < 4.78 is 27.0. The van der Waals surface area contributed by atoms with E-state index in [0.717, 1.165) is 16.3 Å². The molecule has 0 radical (unpaired) electrons. The summed E-state index contributed by atoms with van der Waals surface area (Å²) in [5, 5.41) is 23.1. The first kappa shape index (κ1) is 29.5. The Morgan fingerprint density at radius 2 is 1.56 bits per heavy atom. The van der Waals surface area contributed by atoms with Gasteiger partial charge in [0.15, 0.2) is 11.5 Å². The van der Waals surface area contributed by atoms with Crippen molar-refractivity contribution in [2.75, 3.05) is 47.4 Å². The van der Waals surface area contributed by atoms with Crippen LogP contribution in [0.1, 0.15) is 16.8 Å². The molecule has 0 saturated carbocycles. The van der Waals surface area contributed by atoms with Gasteiger partial charge in [-0.05, 0) is 29.8 Å². The second-order valence-electron chi connectivity index (χ2n) is 8.36. The Morgan fingerprint density at radius 3 is 2.15 bits per heavy atom. The number of nitrogens with zero attached hydrogens (tertiary/aromatic N) is 4. The first-order valence-electron chi connectivity index (χ1n) is 12.2.